The first-order chi connectivity index (χ1) is 3.13. The molecule has 2 nitrogen and oxygen atoms in total. The van der Waals surface area contributed by atoms with Crippen LogP contribution in [0.15, 0.2) is 11.8 Å². The Bertz CT molecular complexity index is 103. The molecule has 0 fully saturated rings. The topological polar surface area (TPSA) is 40.1 Å². The molecule has 0 rings (SSSR count). The third-order valence-electron chi connectivity index (χ3n) is 0.407. The van der Waals surface area contributed by atoms with Gasteiger partial charge in [0, 0.05) is 0 Å². The fraction of sp³-hybridized carbons (Fsp3) is 0.400. The molecule has 0 atom stereocenters. The third kappa shape index (κ3) is 9.21. The molecule has 0 aliphatic rings. The zero-order valence-corrected chi connectivity index (χ0v) is 5.64. The van der Waals surface area contributed by atoms with E-state index in [1.807, 2.05) is 0 Å². The zero-order valence-electron chi connectivity index (χ0n) is 4.70. The Balaban J connectivity index is 0. The molecule has 0 bridgehead atoms. The van der Waals surface area contributed by atoms with Crippen LogP contribution >= 0.6 is 0 Å². The summed E-state index contributed by atoms with van der Waals surface area (Å²) in [5.74, 6) is -0.375. The molecule has 8 heavy (non-hydrogen) atoms. The Labute approximate surface area is 59.1 Å². The van der Waals surface area contributed by atoms with Crippen molar-refractivity contribution < 1.29 is 27.0 Å². The Morgan fingerprint density at radius 2 is 1.88 bits per heavy atom. The second kappa shape index (κ2) is 4.88. The van der Waals surface area contributed by atoms with E-state index in [9.17, 15) is 9.90 Å². The van der Waals surface area contributed by atoms with Crippen LogP contribution in [0.25, 0.3) is 0 Å². The maximum atomic E-state index is 9.98. The van der Waals surface area contributed by atoms with Gasteiger partial charge in [0.25, 0.3) is 0 Å². The van der Waals surface area contributed by atoms with E-state index in [2.05, 4.69) is 0 Å². The van der Waals surface area contributed by atoms with Crippen molar-refractivity contribution in [2.45, 2.75) is 13.8 Å². The van der Waals surface area contributed by atoms with Crippen LogP contribution in [0.3, 0.4) is 0 Å². The molecule has 0 aromatic heterocycles. The van der Waals surface area contributed by atoms with Gasteiger partial charge in [-0.15, -0.1) is 5.76 Å². The van der Waals surface area contributed by atoms with Gasteiger partial charge in [0.05, 0.1) is 0 Å². The molecule has 49 valence electrons. The number of carbonyl (C=O) groups excluding carboxylic acids is 1. The van der Waals surface area contributed by atoms with Crippen LogP contribution in [0, 0.1) is 0 Å². The molecule has 0 heterocycles. The Hall–Kier alpha value is -0.271. The van der Waals surface area contributed by atoms with Crippen LogP contribution < -0.4 is 5.11 Å². The molecule has 0 aromatic carbocycles. The summed E-state index contributed by atoms with van der Waals surface area (Å²) in [7, 11) is 0. The number of rotatable bonds is 1. The summed E-state index contributed by atoms with van der Waals surface area (Å²) >= 11 is 0. The van der Waals surface area contributed by atoms with Crippen molar-refractivity contribution in [3.05, 3.63) is 11.8 Å². The first-order valence-electron chi connectivity index (χ1n) is 1.99. The molecular formula is C5H7CuO2+. The molecule has 0 spiro atoms. The van der Waals surface area contributed by atoms with E-state index in [1.165, 1.54) is 13.8 Å². The van der Waals surface area contributed by atoms with Gasteiger partial charge in [0.2, 0.25) is 0 Å². The number of hydrogen-bond donors (Lipinski definition) is 0. The summed E-state index contributed by atoms with van der Waals surface area (Å²) in [6.07, 6.45) is 1.06. The molecule has 0 saturated heterocycles. The second-order valence-corrected chi connectivity index (χ2v) is 1.37. The van der Waals surface area contributed by atoms with Crippen molar-refractivity contribution in [2.75, 3.05) is 0 Å². The molecule has 0 unspecified atom stereocenters. The van der Waals surface area contributed by atoms with E-state index in [0.29, 0.717) is 0 Å². The number of hydrogen-bond acceptors (Lipinski definition) is 2. The van der Waals surface area contributed by atoms with E-state index < -0.39 is 0 Å². The van der Waals surface area contributed by atoms with E-state index in [0.717, 1.165) is 6.08 Å². The van der Waals surface area contributed by atoms with Gasteiger partial charge in [-0.05, 0) is 13.0 Å². The Kier molecular flexibility index (Phi) is 6.50. The van der Waals surface area contributed by atoms with Crippen LogP contribution in [-0.4, -0.2) is 5.78 Å². The molecule has 0 aromatic rings. The molecule has 0 N–H and O–H groups in total. The minimum absolute atomic E-state index is 0. The van der Waals surface area contributed by atoms with Crippen LogP contribution in [0.1, 0.15) is 13.8 Å². The molecular weight excluding hydrogens is 156 g/mol. The normalized spacial score (nSPS) is 10.0. The van der Waals surface area contributed by atoms with E-state index in [-0.39, 0.29) is 28.6 Å². The summed E-state index contributed by atoms with van der Waals surface area (Å²) in [4.78, 5) is 9.98. The fourth-order valence-corrected chi connectivity index (χ4v) is 0.286. The quantitative estimate of drug-likeness (QED) is 0.305. The van der Waals surface area contributed by atoms with Gasteiger partial charge in [-0.3, -0.25) is 4.79 Å². The first kappa shape index (κ1) is 10.7. The maximum Gasteiger partial charge on any atom is 2.00 e. The van der Waals surface area contributed by atoms with Gasteiger partial charge in [-0.25, -0.2) is 0 Å². The summed E-state index contributed by atoms with van der Waals surface area (Å²) in [5, 5.41) is 9.98. The van der Waals surface area contributed by atoms with Crippen LogP contribution in [-0.2, 0) is 21.9 Å². The van der Waals surface area contributed by atoms with Crippen molar-refractivity contribution in [2.24, 2.45) is 0 Å². The Morgan fingerprint density at radius 3 is 1.88 bits per heavy atom. The first-order valence-corrected chi connectivity index (χ1v) is 1.99. The molecule has 3 heteroatoms. The number of carbonyl (C=O) groups is 1. The molecule has 0 saturated carbocycles. The molecule has 0 amide bonds. The van der Waals surface area contributed by atoms with Crippen LogP contribution in [0.4, 0.5) is 0 Å². The monoisotopic (exact) mass is 162 g/mol. The fourth-order valence-electron chi connectivity index (χ4n) is 0.286. The van der Waals surface area contributed by atoms with Crippen molar-refractivity contribution in [1.29, 1.82) is 0 Å². The van der Waals surface area contributed by atoms with Gasteiger partial charge < -0.3 is 5.11 Å². The van der Waals surface area contributed by atoms with Crippen molar-refractivity contribution in [3.8, 4) is 0 Å². The molecule has 0 aliphatic heterocycles. The Morgan fingerprint density at radius 1 is 1.50 bits per heavy atom. The number of ketones is 1. The standard InChI is InChI=1S/C5H8O2.Cu/c1-4(6)3-5(2)7;/h3,6H,1-2H3;/q;+2/p-1/b4-3+;. The van der Waals surface area contributed by atoms with Gasteiger partial charge in [0.15, 0.2) is 5.78 Å². The number of allylic oxidation sites excluding steroid dienone is 2. The predicted octanol–water partition coefficient (Wildman–Crippen LogP) is -0.163. The SMILES string of the molecule is CC(=O)/C=C(\C)[O-].[Cu+2]. The van der Waals surface area contributed by atoms with Crippen molar-refractivity contribution in [1.82, 2.24) is 0 Å². The third-order valence-corrected chi connectivity index (χ3v) is 0.407. The average Bonchev–Trinajstić information content (AvgIpc) is 1.27. The van der Waals surface area contributed by atoms with Gasteiger partial charge in [-0.2, -0.15) is 0 Å². The zero-order chi connectivity index (χ0) is 5.86. The van der Waals surface area contributed by atoms with E-state index >= 15 is 0 Å². The van der Waals surface area contributed by atoms with Gasteiger partial charge in [-0.1, -0.05) is 6.92 Å². The molecule has 0 aliphatic carbocycles. The smallest absolute Gasteiger partial charge is 0.876 e. The minimum atomic E-state index is -0.187. The van der Waals surface area contributed by atoms with Gasteiger partial charge >= 0.3 is 17.1 Å². The van der Waals surface area contributed by atoms with Crippen LogP contribution in [0.5, 0.6) is 0 Å². The van der Waals surface area contributed by atoms with Crippen LogP contribution in [0.2, 0.25) is 0 Å². The minimum Gasteiger partial charge on any atom is -0.876 e. The van der Waals surface area contributed by atoms with E-state index in [1.54, 1.807) is 0 Å². The van der Waals surface area contributed by atoms with Crippen molar-refractivity contribution >= 4 is 5.78 Å². The average molecular weight is 163 g/mol. The molecule has 1 radical (unpaired) electrons. The summed E-state index contributed by atoms with van der Waals surface area (Å²) in [6.45, 7) is 2.70. The second-order valence-electron chi connectivity index (χ2n) is 1.37. The summed E-state index contributed by atoms with van der Waals surface area (Å²) in [6, 6.07) is 0. The largest absolute Gasteiger partial charge is 2.00 e. The predicted molar refractivity (Wildman–Crippen MR) is 24.4 cm³/mol. The van der Waals surface area contributed by atoms with Gasteiger partial charge in [0.1, 0.15) is 0 Å². The summed E-state index contributed by atoms with van der Waals surface area (Å²) < 4.78 is 0. The van der Waals surface area contributed by atoms with Crippen molar-refractivity contribution in [3.63, 3.8) is 0 Å². The summed E-state index contributed by atoms with van der Waals surface area (Å²) in [5.41, 5.74) is 0. The maximum absolute atomic E-state index is 9.98. The van der Waals surface area contributed by atoms with E-state index in [4.69, 9.17) is 0 Å².